The number of fused-ring (bicyclic) bond motifs is 1. The Hall–Kier alpha value is -1.70. The number of rotatable bonds is 2. The summed E-state index contributed by atoms with van der Waals surface area (Å²) in [6.07, 6.45) is 11.3. The normalized spacial score (nSPS) is 31.8. The highest BCUT2D eigenvalue weighted by Gasteiger charge is 2.46. The smallest absolute Gasteiger partial charge is 0.0958 e. The molecule has 0 amide bonds. The second-order valence-electron chi connectivity index (χ2n) is 7.51. The minimum absolute atomic E-state index is 0.0130. The van der Waals surface area contributed by atoms with Gasteiger partial charge in [0.15, 0.2) is 0 Å². The molecule has 2 aliphatic heterocycles. The first-order chi connectivity index (χ1) is 11.5. The van der Waals surface area contributed by atoms with Crippen molar-refractivity contribution in [3.8, 4) is 0 Å². The summed E-state index contributed by atoms with van der Waals surface area (Å²) in [4.78, 5) is 4.57. The van der Waals surface area contributed by atoms with Crippen LogP contribution in [-0.4, -0.2) is 17.1 Å². The van der Waals surface area contributed by atoms with Gasteiger partial charge in [-0.3, -0.25) is 0 Å². The van der Waals surface area contributed by atoms with E-state index < -0.39 is 0 Å². The van der Waals surface area contributed by atoms with Gasteiger partial charge in [0, 0.05) is 11.4 Å². The molecule has 1 aromatic rings. The lowest BCUT2D eigenvalue weighted by Crippen LogP contribution is -2.48. The Morgan fingerprint density at radius 1 is 1.13 bits per heavy atom. The van der Waals surface area contributed by atoms with Crippen molar-refractivity contribution < 1.29 is 1.37 Å². The minimum atomic E-state index is -0.372. The highest BCUT2D eigenvalue weighted by Crippen LogP contribution is 2.47. The van der Waals surface area contributed by atoms with Crippen LogP contribution in [0.4, 0.5) is 5.69 Å². The number of nitrogens with zero attached hydrogens (tertiary/aromatic N) is 2. The predicted octanol–water partition coefficient (Wildman–Crippen LogP) is 5.21. The number of allylic oxidation sites excluding steroid dienone is 2. The molecule has 2 atom stereocenters. The van der Waals surface area contributed by atoms with E-state index in [1.807, 2.05) is 0 Å². The summed E-state index contributed by atoms with van der Waals surface area (Å²) in [6, 6.07) is 8.43. The summed E-state index contributed by atoms with van der Waals surface area (Å²) in [5, 5.41) is 0. The Morgan fingerprint density at radius 2 is 1.87 bits per heavy atom. The maximum atomic E-state index is 9.03. The molecule has 2 nitrogen and oxygen atoms in total. The second kappa shape index (κ2) is 5.43. The molecule has 2 heterocycles. The van der Waals surface area contributed by atoms with Crippen LogP contribution in [0.5, 0.6) is 0 Å². The Labute approximate surface area is 141 Å². The quantitative estimate of drug-likeness (QED) is 0.739. The Balaban J connectivity index is 1.72. The first kappa shape index (κ1) is 13.7. The van der Waals surface area contributed by atoms with Crippen molar-refractivity contribution in [3.05, 3.63) is 53.4 Å². The van der Waals surface area contributed by atoms with Gasteiger partial charge in [-0.05, 0) is 57.2 Å². The lowest BCUT2D eigenvalue weighted by Gasteiger charge is -2.43. The zero-order valence-corrected chi connectivity index (χ0v) is 14.5. The number of anilines is 1. The fraction of sp³-hybridized carbons (Fsp3) is 0.524. The minimum Gasteiger partial charge on any atom is -0.343 e. The fourth-order valence-corrected chi connectivity index (χ4v) is 4.57. The van der Waals surface area contributed by atoms with Gasteiger partial charge in [0.2, 0.25) is 0 Å². The van der Waals surface area contributed by atoms with Crippen molar-refractivity contribution in [1.29, 1.82) is 0 Å². The van der Waals surface area contributed by atoms with Crippen molar-refractivity contribution in [1.82, 2.24) is 4.90 Å². The fourth-order valence-electron chi connectivity index (χ4n) is 4.57. The van der Waals surface area contributed by atoms with Crippen molar-refractivity contribution in [2.75, 3.05) is 11.5 Å². The van der Waals surface area contributed by atoms with E-state index in [4.69, 9.17) is 1.37 Å². The van der Waals surface area contributed by atoms with Gasteiger partial charge in [-0.2, -0.15) is 0 Å². The van der Waals surface area contributed by atoms with Gasteiger partial charge in [0.1, 0.15) is 0 Å². The number of aryl methyl sites for hydroxylation is 1. The van der Waals surface area contributed by atoms with Gasteiger partial charge in [-0.15, -0.1) is 0 Å². The van der Waals surface area contributed by atoms with Crippen LogP contribution < -0.4 is 4.90 Å². The molecule has 0 saturated heterocycles. The van der Waals surface area contributed by atoms with E-state index in [0.29, 0.717) is 5.92 Å². The Kier molecular flexibility index (Phi) is 3.24. The van der Waals surface area contributed by atoms with E-state index in [0.717, 1.165) is 5.69 Å². The van der Waals surface area contributed by atoms with Crippen LogP contribution in [0.3, 0.4) is 0 Å². The van der Waals surface area contributed by atoms with Gasteiger partial charge in [-0.25, -0.2) is 0 Å². The molecule has 1 saturated carbocycles. The van der Waals surface area contributed by atoms with Crippen molar-refractivity contribution in [2.45, 2.75) is 58.4 Å². The van der Waals surface area contributed by atoms with E-state index in [9.17, 15) is 0 Å². The molecule has 2 heteroatoms. The maximum Gasteiger partial charge on any atom is 0.0958 e. The van der Waals surface area contributed by atoms with Crippen LogP contribution in [0.25, 0.3) is 0 Å². The summed E-state index contributed by atoms with van der Waals surface area (Å²) >= 11 is 0. The molecule has 1 aliphatic carbocycles. The van der Waals surface area contributed by atoms with Crippen molar-refractivity contribution in [3.63, 3.8) is 0 Å². The number of benzene rings is 1. The van der Waals surface area contributed by atoms with Crippen molar-refractivity contribution in [2.24, 2.45) is 5.92 Å². The van der Waals surface area contributed by atoms with Gasteiger partial charge in [0.25, 0.3) is 0 Å². The maximum absolute atomic E-state index is 9.03. The molecular weight excluding hydrogens is 280 g/mol. The van der Waals surface area contributed by atoms with Gasteiger partial charge >= 0.3 is 0 Å². The van der Waals surface area contributed by atoms with E-state index in [1.165, 1.54) is 49.1 Å². The molecule has 0 aromatic heterocycles. The highest BCUT2D eigenvalue weighted by atomic mass is 15.4. The molecule has 0 N–H and O–H groups in total. The zero-order chi connectivity index (χ0) is 16.9. The molecule has 0 spiro atoms. The molecule has 0 radical (unpaired) electrons. The zero-order valence-electron chi connectivity index (χ0n) is 15.5. The van der Waals surface area contributed by atoms with Crippen LogP contribution in [-0.2, 0) is 0 Å². The van der Waals surface area contributed by atoms with E-state index in [2.05, 4.69) is 67.0 Å². The predicted molar refractivity (Wildman–Crippen MR) is 97.2 cm³/mol. The average Bonchev–Trinajstić information content (AvgIpc) is 3.07. The molecule has 1 fully saturated rings. The van der Waals surface area contributed by atoms with Crippen LogP contribution >= 0.6 is 0 Å². The number of para-hydroxylation sites is 1. The number of hydrogen-bond acceptors (Lipinski definition) is 2. The van der Waals surface area contributed by atoms with Crippen LogP contribution in [0.2, 0.25) is 0 Å². The van der Waals surface area contributed by atoms with Gasteiger partial charge in [0.05, 0.1) is 19.3 Å². The molecule has 23 heavy (non-hydrogen) atoms. The topological polar surface area (TPSA) is 6.48 Å². The molecule has 4 rings (SSSR count). The summed E-state index contributed by atoms with van der Waals surface area (Å²) in [5.74, 6) is 0.664. The van der Waals surface area contributed by atoms with Crippen LogP contribution in [0.15, 0.2) is 47.8 Å². The van der Waals surface area contributed by atoms with Gasteiger partial charge < -0.3 is 9.80 Å². The van der Waals surface area contributed by atoms with E-state index >= 15 is 0 Å². The van der Waals surface area contributed by atoms with Crippen LogP contribution in [0, 0.1) is 12.8 Å². The lowest BCUT2D eigenvalue weighted by molar-refractivity contribution is 0.122. The lowest BCUT2D eigenvalue weighted by atomic mass is 9.75. The first-order valence-electron chi connectivity index (χ1n) is 9.58. The second-order valence-corrected chi connectivity index (χ2v) is 7.51. The average molecular weight is 309 g/mol. The Morgan fingerprint density at radius 3 is 2.61 bits per heavy atom. The summed E-state index contributed by atoms with van der Waals surface area (Å²) in [7, 11) is 0. The molecular formula is C21H28N2. The third kappa shape index (κ3) is 2.22. The summed E-state index contributed by atoms with van der Waals surface area (Å²) in [6.45, 7) is 6.28. The Bertz CT molecular complexity index is 702. The SMILES string of the molecule is [2H]C1N(c2ccccc2C)C(C)=C2C=CC(C)(C3CCCCC3)N21. The monoisotopic (exact) mass is 309 g/mol. The highest BCUT2D eigenvalue weighted by molar-refractivity contribution is 5.61. The van der Waals surface area contributed by atoms with Crippen molar-refractivity contribution >= 4 is 5.69 Å². The molecule has 0 bridgehead atoms. The molecule has 122 valence electrons. The van der Waals surface area contributed by atoms with Crippen LogP contribution in [0.1, 0.15) is 52.9 Å². The molecule has 3 aliphatic rings. The summed E-state index contributed by atoms with van der Waals surface area (Å²) < 4.78 is 9.03. The van der Waals surface area contributed by atoms with E-state index in [-0.39, 0.29) is 12.2 Å². The molecule has 1 aromatic carbocycles. The van der Waals surface area contributed by atoms with E-state index in [1.54, 1.807) is 0 Å². The first-order valence-corrected chi connectivity index (χ1v) is 9.00. The third-order valence-electron chi connectivity index (χ3n) is 6.13. The third-order valence-corrected chi connectivity index (χ3v) is 6.13. The standard InChI is InChI=1S/C21H28N2/c1-16-9-7-8-12-19(16)22-15-23-20(17(22)2)13-14-21(23,3)18-10-5-4-6-11-18/h7-9,12-14,18H,4-6,10-11,15H2,1-3H3/i15D. The summed E-state index contributed by atoms with van der Waals surface area (Å²) in [5.41, 5.74) is 4.84. The number of hydrogen-bond donors (Lipinski definition) is 0. The molecule has 2 unspecified atom stereocenters. The van der Waals surface area contributed by atoms with Gasteiger partial charge in [-0.1, -0.05) is 43.5 Å². The largest absolute Gasteiger partial charge is 0.343 e.